The average Bonchev–Trinajstić information content (AvgIpc) is 3.05. The van der Waals surface area contributed by atoms with E-state index in [4.69, 9.17) is 11.6 Å². The lowest BCUT2D eigenvalue weighted by molar-refractivity contribution is 0.101. The fourth-order valence-electron chi connectivity index (χ4n) is 5.52. The average molecular weight is 525 g/mol. The molecule has 0 bridgehead atoms. The number of hydrogen-bond donors (Lipinski definition) is 1. The summed E-state index contributed by atoms with van der Waals surface area (Å²) in [7, 11) is -3.28. The first kappa shape index (κ1) is 25.3. The number of hydrogen-bond acceptors (Lipinski definition) is 4. The zero-order chi connectivity index (χ0) is 26.2. The van der Waals surface area contributed by atoms with Gasteiger partial charge in [0.05, 0.1) is 10.7 Å². The SMILES string of the molecule is CC(=O)c1cc2c(cn1)C=Cc1ncc(Cl)cc1C2CC(C)(C)[Si](O)(c1ccccc1)c1ccccc1. The Kier molecular flexibility index (Phi) is 6.71. The molecule has 0 amide bonds. The molecule has 1 aliphatic rings. The number of benzene rings is 2. The number of pyridine rings is 2. The van der Waals surface area contributed by atoms with Crippen molar-refractivity contribution in [1.82, 2.24) is 9.97 Å². The molecule has 4 nitrogen and oxygen atoms in total. The summed E-state index contributed by atoms with van der Waals surface area (Å²) in [5.41, 5.74) is 4.16. The van der Waals surface area contributed by atoms with Crippen LogP contribution >= 0.6 is 11.6 Å². The first-order valence-corrected chi connectivity index (χ1v) is 14.7. The largest absolute Gasteiger partial charge is 0.424 e. The van der Waals surface area contributed by atoms with Crippen molar-refractivity contribution in [3.8, 4) is 0 Å². The molecule has 2 aromatic carbocycles. The molecule has 0 saturated carbocycles. The Morgan fingerprint density at radius 3 is 2.14 bits per heavy atom. The molecule has 0 spiro atoms. The second kappa shape index (κ2) is 9.82. The number of carbonyl (C=O) groups is 1. The summed E-state index contributed by atoms with van der Waals surface area (Å²) in [6.07, 6.45) is 8.00. The molecule has 4 aromatic rings. The van der Waals surface area contributed by atoms with Crippen LogP contribution in [0.3, 0.4) is 0 Å². The zero-order valence-electron chi connectivity index (χ0n) is 21.1. The monoisotopic (exact) mass is 524 g/mol. The molecule has 37 heavy (non-hydrogen) atoms. The second-order valence-corrected chi connectivity index (χ2v) is 14.7. The standard InChI is InChI=1S/C31H29ClN2O2Si/c1-21(35)30-17-26-22(19-33-30)14-15-29-27(16-23(32)20-34-29)28(26)18-31(2,3)37(36,24-10-6-4-7-11-24)25-12-8-5-9-13-25/h4-17,19-20,28,36H,18H2,1-3H3. The zero-order valence-corrected chi connectivity index (χ0v) is 22.9. The van der Waals surface area contributed by atoms with Crippen molar-refractivity contribution in [2.75, 3.05) is 0 Å². The second-order valence-electron chi connectivity index (χ2n) is 10.3. The van der Waals surface area contributed by atoms with Crippen LogP contribution in [0.2, 0.25) is 10.1 Å². The number of nitrogens with zero attached hydrogens (tertiary/aromatic N) is 2. The highest BCUT2D eigenvalue weighted by Crippen LogP contribution is 2.48. The van der Waals surface area contributed by atoms with Crippen molar-refractivity contribution in [1.29, 1.82) is 0 Å². The lowest BCUT2D eigenvalue weighted by atomic mass is 9.82. The Bertz CT molecular complexity index is 1450. The van der Waals surface area contributed by atoms with Gasteiger partial charge in [0.15, 0.2) is 5.78 Å². The first-order valence-electron chi connectivity index (χ1n) is 12.4. The topological polar surface area (TPSA) is 63.1 Å². The van der Waals surface area contributed by atoms with Gasteiger partial charge < -0.3 is 4.80 Å². The van der Waals surface area contributed by atoms with E-state index in [1.807, 2.05) is 84.9 Å². The lowest BCUT2D eigenvalue weighted by Crippen LogP contribution is -2.65. The van der Waals surface area contributed by atoms with Crippen LogP contribution in [0.4, 0.5) is 0 Å². The first-order chi connectivity index (χ1) is 17.7. The molecule has 0 saturated heterocycles. The minimum atomic E-state index is -3.28. The van der Waals surface area contributed by atoms with E-state index in [-0.39, 0.29) is 11.7 Å². The van der Waals surface area contributed by atoms with E-state index in [0.29, 0.717) is 17.1 Å². The van der Waals surface area contributed by atoms with Gasteiger partial charge in [0.25, 0.3) is 8.32 Å². The Morgan fingerprint density at radius 2 is 1.54 bits per heavy atom. The van der Waals surface area contributed by atoms with Gasteiger partial charge in [-0.1, -0.05) is 92.2 Å². The molecule has 2 aromatic heterocycles. The van der Waals surface area contributed by atoms with Gasteiger partial charge in [-0.05, 0) is 56.7 Å². The normalized spacial score (nSPS) is 15.0. The van der Waals surface area contributed by atoms with E-state index >= 15 is 0 Å². The van der Waals surface area contributed by atoms with Crippen molar-refractivity contribution < 1.29 is 9.59 Å². The summed E-state index contributed by atoms with van der Waals surface area (Å²) in [4.78, 5) is 34.1. The van der Waals surface area contributed by atoms with Crippen LogP contribution in [-0.2, 0) is 0 Å². The molecule has 6 heteroatoms. The van der Waals surface area contributed by atoms with Crippen molar-refractivity contribution in [2.24, 2.45) is 0 Å². The maximum atomic E-state index is 12.8. The van der Waals surface area contributed by atoms with Gasteiger partial charge in [0, 0.05) is 25.2 Å². The van der Waals surface area contributed by atoms with Crippen LogP contribution in [0.25, 0.3) is 12.2 Å². The maximum Gasteiger partial charge on any atom is 0.258 e. The number of halogens is 1. The molecule has 0 radical (unpaired) electrons. The predicted molar refractivity (Wildman–Crippen MR) is 153 cm³/mol. The fraction of sp³-hybridized carbons (Fsp3) is 0.194. The molecule has 1 N–H and O–H groups in total. The molecule has 5 rings (SSSR count). The van der Waals surface area contributed by atoms with Crippen LogP contribution in [0.15, 0.2) is 85.2 Å². The van der Waals surface area contributed by atoms with Gasteiger partial charge in [0.2, 0.25) is 0 Å². The van der Waals surface area contributed by atoms with Gasteiger partial charge in [-0.15, -0.1) is 0 Å². The van der Waals surface area contributed by atoms with Crippen LogP contribution in [0, 0.1) is 0 Å². The van der Waals surface area contributed by atoms with Crippen LogP contribution in [0.5, 0.6) is 0 Å². The molecular formula is C31H29ClN2O2Si. The third kappa shape index (κ3) is 4.59. The van der Waals surface area contributed by atoms with Gasteiger partial charge in [0.1, 0.15) is 5.69 Å². The highest BCUT2D eigenvalue weighted by molar-refractivity contribution is 6.98. The Morgan fingerprint density at radius 1 is 0.919 bits per heavy atom. The molecule has 1 unspecified atom stereocenters. The Labute approximate surface area is 223 Å². The summed E-state index contributed by atoms with van der Waals surface area (Å²) in [5, 5.41) is 1.95. The lowest BCUT2D eigenvalue weighted by Gasteiger charge is -2.43. The van der Waals surface area contributed by atoms with E-state index < -0.39 is 13.4 Å². The van der Waals surface area contributed by atoms with E-state index in [0.717, 1.165) is 32.8 Å². The number of aromatic nitrogens is 2. The molecule has 1 aliphatic carbocycles. The minimum absolute atomic E-state index is 0.0852. The van der Waals surface area contributed by atoms with Crippen LogP contribution in [0.1, 0.15) is 66.0 Å². The molecule has 2 heterocycles. The Hall–Kier alpha value is -3.38. The van der Waals surface area contributed by atoms with Gasteiger partial charge in [-0.25, -0.2) is 0 Å². The summed E-state index contributed by atoms with van der Waals surface area (Å²) in [6.45, 7) is 5.84. The number of fused-ring (bicyclic) bond motifs is 2. The van der Waals surface area contributed by atoms with Crippen molar-refractivity contribution in [3.05, 3.63) is 118 Å². The summed E-state index contributed by atoms with van der Waals surface area (Å²) in [5.74, 6) is -0.244. The third-order valence-corrected chi connectivity index (χ3v) is 12.2. The summed E-state index contributed by atoms with van der Waals surface area (Å²) >= 11 is 6.46. The molecule has 0 aliphatic heterocycles. The quantitative estimate of drug-likeness (QED) is 0.253. The molecular weight excluding hydrogens is 496 g/mol. The highest BCUT2D eigenvalue weighted by atomic mass is 35.5. The number of carbonyl (C=O) groups excluding carboxylic acids is 1. The summed E-state index contributed by atoms with van der Waals surface area (Å²) < 4.78 is 0. The minimum Gasteiger partial charge on any atom is -0.424 e. The maximum absolute atomic E-state index is 12.8. The third-order valence-electron chi connectivity index (χ3n) is 7.49. The van der Waals surface area contributed by atoms with Crippen molar-refractivity contribution in [3.63, 3.8) is 0 Å². The number of ketones is 1. The Balaban J connectivity index is 1.71. The van der Waals surface area contributed by atoms with Gasteiger partial charge in [-0.3, -0.25) is 14.8 Å². The molecule has 186 valence electrons. The van der Waals surface area contributed by atoms with E-state index in [1.54, 1.807) is 12.4 Å². The van der Waals surface area contributed by atoms with Gasteiger partial charge in [-0.2, -0.15) is 0 Å². The summed E-state index contributed by atoms with van der Waals surface area (Å²) in [6, 6.07) is 23.9. The van der Waals surface area contributed by atoms with Crippen molar-refractivity contribution >= 4 is 48.2 Å². The molecule has 0 fully saturated rings. The van der Waals surface area contributed by atoms with Crippen molar-refractivity contribution in [2.45, 2.75) is 38.1 Å². The van der Waals surface area contributed by atoms with Crippen LogP contribution < -0.4 is 10.4 Å². The van der Waals surface area contributed by atoms with Gasteiger partial charge >= 0.3 is 0 Å². The van der Waals surface area contributed by atoms with E-state index in [1.165, 1.54) is 6.92 Å². The smallest absolute Gasteiger partial charge is 0.258 e. The highest BCUT2D eigenvalue weighted by Gasteiger charge is 2.51. The number of rotatable bonds is 6. The number of Topliss-reactive ketones (excluding diaryl/α,β-unsaturated/α-hetero) is 1. The molecule has 1 atom stereocenters. The van der Waals surface area contributed by atoms with E-state index in [9.17, 15) is 9.59 Å². The van der Waals surface area contributed by atoms with Crippen LogP contribution in [-0.4, -0.2) is 28.9 Å². The predicted octanol–water partition coefficient (Wildman–Crippen LogP) is 5.87. The fourth-order valence-corrected chi connectivity index (χ4v) is 9.43. The van der Waals surface area contributed by atoms with E-state index in [2.05, 4.69) is 23.8 Å².